The maximum Gasteiger partial charge on any atom is 0.290 e. The molecule has 0 aromatic carbocycles. The van der Waals surface area contributed by atoms with Gasteiger partial charge in [0.25, 0.3) is 5.69 Å². The highest BCUT2D eigenvalue weighted by atomic mass is 16.6. The van der Waals surface area contributed by atoms with Crippen LogP contribution in [0.1, 0.15) is 17.4 Å². The lowest BCUT2D eigenvalue weighted by atomic mass is 10.1. The van der Waals surface area contributed by atoms with E-state index in [1.54, 1.807) is 0 Å². The van der Waals surface area contributed by atoms with Crippen molar-refractivity contribution in [3.63, 3.8) is 0 Å². The largest absolute Gasteiger partial charge is 0.383 e. The number of hydrogen-bond acceptors (Lipinski definition) is 6. The zero-order chi connectivity index (χ0) is 12.3. The van der Waals surface area contributed by atoms with Crippen molar-refractivity contribution in [1.29, 1.82) is 5.26 Å². The average Bonchev–Trinajstić information content (AvgIpc) is 2.26. The van der Waals surface area contributed by atoms with Crippen LogP contribution in [0, 0.1) is 28.4 Å². The number of nitriles is 1. The molecule has 7 heteroatoms. The zero-order valence-electron chi connectivity index (χ0n) is 8.36. The minimum atomic E-state index is -1.60. The summed E-state index contributed by atoms with van der Waals surface area (Å²) in [6, 6.07) is 2.72. The molecule has 0 bridgehead atoms. The van der Waals surface area contributed by atoms with Crippen molar-refractivity contribution < 1.29 is 15.1 Å². The molecule has 1 rings (SSSR count). The van der Waals surface area contributed by atoms with Crippen LogP contribution in [0.2, 0.25) is 0 Å². The van der Waals surface area contributed by atoms with Gasteiger partial charge in [-0.05, 0) is 13.0 Å². The van der Waals surface area contributed by atoms with Crippen molar-refractivity contribution in [3.8, 4) is 6.07 Å². The predicted molar refractivity (Wildman–Crippen MR) is 52.2 cm³/mol. The molecule has 84 valence electrons. The Hall–Kier alpha value is -2.04. The molecule has 0 aliphatic rings. The quantitative estimate of drug-likeness (QED) is 0.429. The SMILES string of the molecule is Cc1cc(C(O)C(O)C#N)ncc1[N+](=O)[O-]. The maximum absolute atomic E-state index is 10.5. The lowest BCUT2D eigenvalue weighted by molar-refractivity contribution is -0.385. The van der Waals surface area contributed by atoms with Gasteiger partial charge in [0.15, 0.2) is 6.10 Å². The number of aromatic nitrogens is 1. The third-order valence-electron chi connectivity index (χ3n) is 2.04. The smallest absolute Gasteiger partial charge is 0.290 e. The van der Waals surface area contributed by atoms with Crippen molar-refractivity contribution in [3.05, 3.63) is 33.6 Å². The van der Waals surface area contributed by atoms with Crippen LogP contribution in [0.5, 0.6) is 0 Å². The van der Waals surface area contributed by atoms with Crippen LogP contribution in [0.4, 0.5) is 5.69 Å². The molecular weight excluding hydrogens is 214 g/mol. The molecule has 0 amide bonds. The van der Waals surface area contributed by atoms with Crippen molar-refractivity contribution in [2.75, 3.05) is 0 Å². The predicted octanol–water partition coefficient (Wildman–Crippen LogP) is 0.216. The topological polar surface area (TPSA) is 120 Å². The summed E-state index contributed by atoms with van der Waals surface area (Å²) in [5.74, 6) is 0. The number of nitrogens with zero attached hydrogens (tertiary/aromatic N) is 3. The van der Waals surface area contributed by atoms with E-state index in [1.807, 2.05) is 0 Å². The highest BCUT2D eigenvalue weighted by molar-refractivity contribution is 5.38. The first kappa shape index (κ1) is 12.0. The Labute approximate surface area is 90.7 Å². The maximum atomic E-state index is 10.5. The average molecular weight is 223 g/mol. The minimum absolute atomic E-state index is 0.0251. The second-order valence-electron chi connectivity index (χ2n) is 3.17. The molecule has 0 spiro atoms. The van der Waals surface area contributed by atoms with Gasteiger partial charge in [-0.1, -0.05) is 0 Å². The highest BCUT2D eigenvalue weighted by Gasteiger charge is 2.21. The summed E-state index contributed by atoms with van der Waals surface area (Å²) in [4.78, 5) is 13.5. The number of aryl methyl sites for hydroxylation is 1. The van der Waals surface area contributed by atoms with Gasteiger partial charge in [0.2, 0.25) is 0 Å². The lowest BCUT2D eigenvalue weighted by Gasteiger charge is -2.11. The molecule has 7 nitrogen and oxygen atoms in total. The second kappa shape index (κ2) is 4.65. The zero-order valence-corrected chi connectivity index (χ0v) is 8.36. The summed E-state index contributed by atoms with van der Waals surface area (Å²) in [5.41, 5.74) is 0.152. The molecule has 0 aliphatic heterocycles. The van der Waals surface area contributed by atoms with E-state index in [9.17, 15) is 15.2 Å². The molecule has 2 unspecified atom stereocenters. The highest BCUT2D eigenvalue weighted by Crippen LogP contribution is 2.21. The molecule has 2 N–H and O–H groups in total. The van der Waals surface area contributed by atoms with Crippen molar-refractivity contribution in [2.24, 2.45) is 0 Å². The second-order valence-corrected chi connectivity index (χ2v) is 3.17. The van der Waals surface area contributed by atoms with Gasteiger partial charge in [-0.15, -0.1) is 0 Å². The number of pyridine rings is 1. The Morgan fingerprint density at radius 1 is 1.62 bits per heavy atom. The Kier molecular flexibility index (Phi) is 3.50. The van der Waals surface area contributed by atoms with Gasteiger partial charge < -0.3 is 10.2 Å². The molecule has 1 heterocycles. The van der Waals surface area contributed by atoms with Gasteiger partial charge >= 0.3 is 0 Å². The Bertz CT molecular complexity index is 455. The van der Waals surface area contributed by atoms with Crippen LogP contribution >= 0.6 is 0 Å². The number of nitro groups is 1. The fraction of sp³-hybridized carbons (Fsp3) is 0.333. The Morgan fingerprint density at radius 3 is 2.69 bits per heavy atom. The van der Waals surface area contributed by atoms with Crippen LogP contribution in [-0.4, -0.2) is 26.2 Å². The molecule has 0 radical (unpaired) electrons. The normalized spacial score (nSPS) is 13.9. The molecular formula is C9H9N3O4. The summed E-state index contributed by atoms with van der Waals surface area (Å²) in [5, 5.41) is 37.4. The summed E-state index contributed by atoms with van der Waals surface area (Å²) < 4.78 is 0. The standard InChI is InChI=1S/C9H9N3O4/c1-5-2-6(9(14)8(13)3-10)11-4-7(5)12(15)16/h2,4,8-9,13-14H,1H3. The summed E-state index contributed by atoms with van der Waals surface area (Å²) >= 11 is 0. The van der Waals surface area contributed by atoms with Gasteiger partial charge in [-0.2, -0.15) is 5.26 Å². The van der Waals surface area contributed by atoms with Crippen LogP contribution in [-0.2, 0) is 0 Å². The van der Waals surface area contributed by atoms with Gasteiger partial charge in [-0.25, -0.2) is 0 Å². The number of rotatable bonds is 3. The van der Waals surface area contributed by atoms with E-state index in [2.05, 4.69) is 4.98 Å². The van der Waals surface area contributed by atoms with E-state index in [1.165, 1.54) is 19.1 Å². The monoisotopic (exact) mass is 223 g/mol. The van der Waals surface area contributed by atoms with Gasteiger partial charge in [-0.3, -0.25) is 15.1 Å². The van der Waals surface area contributed by atoms with Gasteiger partial charge in [0.05, 0.1) is 16.7 Å². The van der Waals surface area contributed by atoms with Crippen molar-refractivity contribution in [1.82, 2.24) is 4.98 Å². The summed E-state index contributed by atoms with van der Waals surface area (Å²) in [7, 11) is 0. The Morgan fingerprint density at radius 2 is 2.25 bits per heavy atom. The van der Waals surface area contributed by atoms with E-state index in [4.69, 9.17) is 10.4 Å². The van der Waals surface area contributed by atoms with E-state index in [0.717, 1.165) is 6.20 Å². The lowest BCUT2D eigenvalue weighted by Crippen LogP contribution is -2.17. The number of aliphatic hydroxyl groups excluding tert-OH is 2. The molecule has 0 aliphatic carbocycles. The van der Waals surface area contributed by atoms with Crippen LogP contribution in [0.25, 0.3) is 0 Å². The van der Waals surface area contributed by atoms with Crippen molar-refractivity contribution >= 4 is 5.69 Å². The van der Waals surface area contributed by atoms with E-state index in [0.29, 0.717) is 5.56 Å². The number of hydrogen-bond donors (Lipinski definition) is 2. The summed E-state index contributed by atoms with van der Waals surface area (Å²) in [6.07, 6.45) is -2.09. The molecule has 1 aromatic rings. The van der Waals surface area contributed by atoms with Gasteiger partial charge in [0.1, 0.15) is 12.3 Å². The Balaban J connectivity index is 3.07. The molecule has 0 fully saturated rings. The van der Waals surface area contributed by atoms with Gasteiger partial charge in [0, 0.05) is 5.56 Å². The summed E-state index contributed by atoms with van der Waals surface area (Å²) in [6.45, 7) is 1.48. The molecule has 16 heavy (non-hydrogen) atoms. The molecule has 1 aromatic heterocycles. The molecule has 2 atom stereocenters. The number of aliphatic hydroxyl groups is 2. The molecule has 0 saturated heterocycles. The minimum Gasteiger partial charge on any atom is -0.383 e. The van der Waals surface area contributed by atoms with Crippen LogP contribution < -0.4 is 0 Å². The van der Waals surface area contributed by atoms with Crippen LogP contribution in [0.15, 0.2) is 12.3 Å². The first-order chi connectivity index (χ1) is 7.47. The fourth-order valence-electron chi connectivity index (χ4n) is 1.16. The van der Waals surface area contributed by atoms with E-state index >= 15 is 0 Å². The van der Waals surface area contributed by atoms with Crippen LogP contribution in [0.3, 0.4) is 0 Å². The third kappa shape index (κ3) is 2.31. The van der Waals surface area contributed by atoms with E-state index < -0.39 is 17.1 Å². The first-order valence-electron chi connectivity index (χ1n) is 4.34. The molecule has 0 saturated carbocycles. The van der Waals surface area contributed by atoms with E-state index in [-0.39, 0.29) is 11.4 Å². The first-order valence-corrected chi connectivity index (χ1v) is 4.34. The third-order valence-corrected chi connectivity index (χ3v) is 2.04. The van der Waals surface area contributed by atoms with Crippen molar-refractivity contribution in [2.45, 2.75) is 19.1 Å². The fourth-order valence-corrected chi connectivity index (χ4v) is 1.16.